The fourth-order valence-corrected chi connectivity index (χ4v) is 3.10. The lowest BCUT2D eigenvalue weighted by Crippen LogP contribution is -2.22. The number of hydrogen-bond donors (Lipinski definition) is 1. The van der Waals surface area contributed by atoms with Gasteiger partial charge in [0.05, 0.1) is 11.1 Å². The zero-order chi connectivity index (χ0) is 14.1. The summed E-state index contributed by atoms with van der Waals surface area (Å²) in [5.41, 5.74) is 3.12. The minimum absolute atomic E-state index is 0.130. The number of halogens is 2. The summed E-state index contributed by atoms with van der Waals surface area (Å²) in [6.45, 7) is 0. The van der Waals surface area contributed by atoms with Gasteiger partial charge in [-0.15, -0.1) is 0 Å². The van der Waals surface area contributed by atoms with Crippen LogP contribution in [-0.4, -0.2) is 5.11 Å². The van der Waals surface area contributed by atoms with E-state index in [0.717, 1.165) is 24.0 Å². The molecule has 2 aromatic carbocycles. The van der Waals surface area contributed by atoms with Crippen LogP contribution in [0, 0.1) is 11.7 Å². The third-order valence-corrected chi connectivity index (χ3v) is 4.39. The van der Waals surface area contributed by atoms with E-state index in [9.17, 15) is 9.50 Å². The van der Waals surface area contributed by atoms with Gasteiger partial charge in [-0.1, -0.05) is 41.9 Å². The van der Waals surface area contributed by atoms with E-state index in [1.807, 2.05) is 24.3 Å². The van der Waals surface area contributed by atoms with Crippen LogP contribution in [0.5, 0.6) is 0 Å². The number of fused-ring (bicyclic) bond motifs is 1. The minimum atomic E-state index is -0.473. The van der Waals surface area contributed by atoms with Crippen LogP contribution in [0.15, 0.2) is 42.5 Å². The summed E-state index contributed by atoms with van der Waals surface area (Å²) in [4.78, 5) is 0. The van der Waals surface area contributed by atoms with Crippen LogP contribution >= 0.6 is 11.6 Å². The largest absolute Gasteiger partial charge is 0.388 e. The number of benzene rings is 2. The molecule has 0 saturated carbocycles. The van der Waals surface area contributed by atoms with Crippen LogP contribution in [0.1, 0.15) is 29.2 Å². The summed E-state index contributed by atoms with van der Waals surface area (Å²) in [5.74, 6) is -0.264. The Bertz CT molecular complexity index is 626. The van der Waals surface area contributed by atoms with Gasteiger partial charge in [-0.25, -0.2) is 4.39 Å². The minimum Gasteiger partial charge on any atom is -0.388 e. The predicted octanol–water partition coefficient (Wildman–Crippen LogP) is 4.32. The van der Waals surface area contributed by atoms with Crippen LogP contribution in [0.25, 0.3) is 0 Å². The van der Waals surface area contributed by atoms with E-state index in [1.165, 1.54) is 11.6 Å². The number of rotatable bonds is 2. The topological polar surface area (TPSA) is 20.2 Å². The van der Waals surface area contributed by atoms with Gasteiger partial charge < -0.3 is 5.11 Å². The molecule has 0 aromatic heterocycles. The highest BCUT2D eigenvalue weighted by Gasteiger charge is 2.27. The average molecular weight is 291 g/mol. The molecule has 1 N–H and O–H groups in total. The van der Waals surface area contributed by atoms with Gasteiger partial charge in [0.1, 0.15) is 5.82 Å². The van der Waals surface area contributed by atoms with Crippen LogP contribution < -0.4 is 0 Å². The second-order valence-corrected chi connectivity index (χ2v) is 5.80. The van der Waals surface area contributed by atoms with E-state index in [2.05, 4.69) is 6.07 Å². The Morgan fingerprint density at radius 1 is 1.20 bits per heavy atom. The molecular formula is C17H16ClFO. The quantitative estimate of drug-likeness (QED) is 0.873. The maximum absolute atomic E-state index is 13.5. The standard InChI is InChI=1S/C17H16ClFO/c18-15-8-5-11(10-16(15)19)9-13-7-6-12-3-1-2-4-14(12)17(13)20/h1-5,8,10,13,17,20H,6-7,9H2. The first kappa shape index (κ1) is 13.6. The molecule has 104 valence electrons. The first-order chi connectivity index (χ1) is 9.65. The van der Waals surface area contributed by atoms with Crippen molar-refractivity contribution in [2.45, 2.75) is 25.4 Å². The van der Waals surface area contributed by atoms with Crippen molar-refractivity contribution in [2.24, 2.45) is 5.92 Å². The van der Waals surface area contributed by atoms with Crippen molar-refractivity contribution in [1.82, 2.24) is 0 Å². The van der Waals surface area contributed by atoms with Crippen LogP contribution in [0.2, 0.25) is 5.02 Å². The molecule has 0 bridgehead atoms. The summed E-state index contributed by atoms with van der Waals surface area (Å²) in [6, 6.07) is 12.9. The summed E-state index contributed by atoms with van der Waals surface area (Å²) in [5, 5.41) is 10.6. The lowest BCUT2D eigenvalue weighted by atomic mass is 9.78. The molecule has 3 rings (SSSR count). The molecule has 0 radical (unpaired) electrons. The Kier molecular flexibility index (Phi) is 3.77. The van der Waals surface area contributed by atoms with E-state index in [-0.39, 0.29) is 10.9 Å². The molecule has 0 aliphatic heterocycles. The van der Waals surface area contributed by atoms with Crippen molar-refractivity contribution in [3.63, 3.8) is 0 Å². The van der Waals surface area contributed by atoms with Crippen molar-refractivity contribution in [2.75, 3.05) is 0 Å². The maximum Gasteiger partial charge on any atom is 0.142 e. The molecule has 0 saturated heterocycles. The predicted molar refractivity (Wildman–Crippen MR) is 78.3 cm³/mol. The molecule has 0 spiro atoms. The Morgan fingerprint density at radius 3 is 2.80 bits per heavy atom. The first-order valence-electron chi connectivity index (χ1n) is 6.85. The van der Waals surface area contributed by atoms with Crippen LogP contribution in [0.3, 0.4) is 0 Å². The number of aryl methyl sites for hydroxylation is 1. The summed E-state index contributed by atoms with van der Waals surface area (Å²) >= 11 is 5.69. The van der Waals surface area contributed by atoms with Gasteiger partial charge >= 0.3 is 0 Å². The molecular weight excluding hydrogens is 275 g/mol. The van der Waals surface area contributed by atoms with Crippen LogP contribution in [0.4, 0.5) is 4.39 Å². The summed E-state index contributed by atoms with van der Waals surface area (Å²) < 4.78 is 13.5. The molecule has 2 atom stereocenters. The van der Waals surface area contributed by atoms with Gasteiger partial charge in [-0.3, -0.25) is 0 Å². The molecule has 0 fully saturated rings. The highest BCUT2D eigenvalue weighted by molar-refractivity contribution is 6.30. The average Bonchev–Trinajstić information content (AvgIpc) is 2.46. The SMILES string of the molecule is OC1c2ccccc2CCC1Cc1ccc(Cl)c(F)c1. The number of hydrogen-bond acceptors (Lipinski definition) is 1. The molecule has 2 unspecified atom stereocenters. The Balaban J connectivity index is 1.81. The van der Waals surface area contributed by atoms with Gasteiger partial charge in [-0.2, -0.15) is 0 Å². The third kappa shape index (κ3) is 2.58. The van der Waals surface area contributed by atoms with E-state index < -0.39 is 11.9 Å². The Hall–Kier alpha value is -1.38. The molecule has 1 aliphatic carbocycles. The lowest BCUT2D eigenvalue weighted by Gasteiger charge is -2.30. The third-order valence-electron chi connectivity index (χ3n) is 4.09. The highest BCUT2D eigenvalue weighted by atomic mass is 35.5. The fraction of sp³-hybridized carbons (Fsp3) is 0.294. The second-order valence-electron chi connectivity index (χ2n) is 5.39. The highest BCUT2D eigenvalue weighted by Crippen LogP contribution is 2.36. The van der Waals surface area contributed by atoms with Crippen molar-refractivity contribution in [3.8, 4) is 0 Å². The van der Waals surface area contributed by atoms with Crippen molar-refractivity contribution < 1.29 is 9.50 Å². The second kappa shape index (κ2) is 5.55. The first-order valence-corrected chi connectivity index (χ1v) is 7.23. The van der Waals surface area contributed by atoms with E-state index in [1.54, 1.807) is 6.07 Å². The molecule has 1 nitrogen and oxygen atoms in total. The molecule has 1 aliphatic rings. The van der Waals surface area contributed by atoms with Gasteiger partial charge in [-0.05, 0) is 54.0 Å². The summed E-state index contributed by atoms with van der Waals surface area (Å²) in [6.07, 6.45) is 2.08. The van der Waals surface area contributed by atoms with Gasteiger partial charge in [0, 0.05) is 0 Å². The van der Waals surface area contributed by atoms with Crippen molar-refractivity contribution in [1.29, 1.82) is 0 Å². The number of aliphatic hydroxyl groups is 1. The molecule has 0 amide bonds. The van der Waals surface area contributed by atoms with Gasteiger partial charge in [0.2, 0.25) is 0 Å². The molecule has 20 heavy (non-hydrogen) atoms. The lowest BCUT2D eigenvalue weighted by molar-refractivity contribution is 0.0936. The normalized spacial score (nSPS) is 21.6. The van der Waals surface area contributed by atoms with Gasteiger partial charge in [0.15, 0.2) is 0 Å². The van der Waals surface area contributed by atoms with E-state index in [4.69, 9.17) is 11.6 Å². The van der Waals surface area contributed by atoms with Gasteiger partial charge in [0.25, 0.3) is 0 Å². The monoisotopic (exact) mass is 290 g/mol. The Labute approximate surface area is 123 Å². The summed E-state index contributed by atoms with van der Waals surface area (Å²) in [7, 11) is 0. The van der Waals surface area contributed by atoms with E-state index in [0.29, 0.717) is 6.42 Å². The maximum atomic E-state index is 13.5. The Morgan fingerprint density at radius 2 is 2.00 bits per heavy atom. The van der Waals surface area contributed by atoms with Crippen molar-refractivity contribution in [3.05, 3.63) is 70.0 Å². The fourth-order valence-electron chi connectivity index (χ4n) is 2.99. The van der Waals surface area contributed by atoms with E-state index >= 15 is 0 Å². The zero-order valence-electron chi connectivity index (χ0n) is 11.0. The zero-order valence-corrected chi connectivity index (χ0v) is 11.8. The smallest absolute Gasteiger partial charge is 0.142 e. The van der Waals surface area contributed by atoms with Crippen LogP contribution in [-0.2, 0) is 12.8 Å². The number of aliphatic hydroxyl groups excluding tert-OH is 1. The molecule has 0 heterocycles. The molecule has 3 heteroatoms. The molecule has 2 aromatic rings. The van der Waals surface area contributed by atoms with Crippen molar-refractivity contribution >= 4 is 11.6 Å².